The van der Waals surface area contributed by atoms with Crippen molar-refractivity contribution in [2.24, 2.45) is 0 Å². The van der Waals surface area contributed by atoms with Crippen LogP contribution in [0.3, 0.4) is 0 Å². The first-order valence-electron chi connectivity index (χ1n) is 6.45. The molecular weight excluding hydrogens is 304 g/mol. The molecule has 0 saturated carbocycles. The van der Waals surface area contributed by atoms with Crippen LogP contribution in [-0.2, 0) is 4.79 Å². The standard InChI is InChI=1S/C15H12N2O2S2/c1-2-17-14(18)12(21-15(17)19)8-11-9-20-13(16-11)10-6-4-3-5-7-10/h3-9H,2H2,1H3/b12-8+. The number of aromatic nitrogens is 1. The molecule has 1 saturated heterocycles. The normalized spacial score (nSPS) is 17.0. The number of nitrogens with zero attached hydrogens (tertiary/aromatic N) is 2. The fraction of sp³-hybridized carbons (Fsp3) is 0.133. The van der Waals surface area contributed by atoms with Gasteiger partial charge in [-0.05, 0) is 24.8 Å². The van der Waals surface area contributed by atoms with Crippen molar-refractivity contribution in [3.8, 4) is 10.6 Å². The van der Waals surface area contributed by atoms with Gasteiger partial charge in [-0.3, -0.25) is 14.5 Å². The Kier molecular flexibility index (Phi) is 3.90. The van der Waals surface area contributed by atoms with E-state index in [1.165, 1.54) is 16.2 Å². The van der Waals surface area contributed by atoms with Crippen LogP contribution < -0.4 is 0 Å². The van der Waals surface area contributed by atoms with Gasteiger partial charge in [-0.2, -0.15) is 0 Å². The quantitative estimate of drug-likeness (QED) is 0.807. The van der Waals surface area contributed by atoms with Crippen LogP contribution in [0.2, 0.25) is 0 Å². The van der Waals surface area contributed by atoms with Crippen LogP contribution in [0.4, 0.5) is 4.79 Å². The number of imide groups is 1. The summed E-state index contributed by atoms with van der Waals surface area (Å²) in [5, 5.41) is 2.58. The number of benzene rings is 1. The van der Waals surface area contributed by atoms with Crippen LogP contribution in [-0.4, -0.2) is 27.6 Å². The van der Waals surface area contributed by atoms with Gasteiger partial charge in [0.2, 0.25) is 0 Å². The Labute approximate surface area is 130 Å². The lowest BCUT2D eigenvalue weighted by molar-refractivity contribution is -0.122. The molecule has 1 aliphatic heterocycles. The van der Waals surface area contributed by atoms with Crippen molar-refractivity contribution in [2.45, 2.75) is 6.92 Å². The van der Waals surface area contributed by atoms with Gasteiger partial charge < -0.3 is 0 Å². The molecule has 1 aliphatic rings. The predicted molar refractivity (Wildman–Crippen MR) is 85.9 cm³/mol. The fourth-order valence-electron chi connectivity index (χ4n) is 1.97. The Bertz CT molecular complexity index is 722. The molecule has 2 heterocycles. The number of amides is 2. The average molecular weight is 316 g/mol. The molecule has 4 nitrogen and oxygen atoms in total. The summed E-state index contributed by atoms with van der Waals surface area (Å²) in [5.74, 6) is -0.234. The lowest BCUT2D eigenvalue weighted by atomic mass is 10.2. The smallest absolute Gasteiger partial charge is 0.269 e. The van der Waals surface area contributed by atoms with E-state index in [0.717, 1.165) is 22.3 Å². The predicted octanol–water partition coefficient (Wildman–Crippen LogP) is 3.87. The molecule has 6 heteroatoms. The highest BCUT2D eigenvalue weighted by atomic mass is 32.2. The van der Waals surface area contributed by atoms with Crippen molar-refractivity contribution in [3.63, 3.8) is 0 Å². The highest BCUT2D eigenvalue weighted by Gasteiger charge is 2.33. The van der Waals surface area contributed by atoms with Crippen molar-refractivity contribution >= 4 is 40.3 Å². The van der Waals surface area contributed by atoms with Crippen LogP contribution in [0.1, 0.15) is 12.6 Å². The Balaban J connectivity index is 1.87. The van der Waals surface area contributed by atoms with E-state index in [-0.39, 0.29) is 11.1 Å². The van der Waals surface area contributed by atoms with Crippen LogP contribution in [0.5, 0.6) is 0 Å². The molecule has 3 rings (SSSR count). The van der Waals surface area contributed by atoms with Gasteiger partial charge in [0.15, 0.2) is 0 Å². The van der Waals surface area contributed by atoms with Crippen LogP contribution >= 0.6 is 23.1 Å². The third-order valence-corrected chi connectivity index (χ3v) is 4.83. The molecule has 106 valence electrons. The molecule has 2 amide bonds. The van der Waals surface area contributed by atoms with Crippen molar-refractivity contribution in [3.05, 3.63) is 46.3 Å². The molecule has 0 radical (unpaired) electrons. The minimum absolute atomic E-state index is 0.215. The van der Waals surface area contributed by atoms with Crippen molar-refractivity contribution in [1.29, 1.82) is 0 Å². The van der Waals surface area contributed by atoms with E-state index >= 15 is 0 Å². The van der Waals surface area contributed by atoms with Crippen molar-refractivity contribution < 1.29 is 9.59 Å². The maximum absolute atomic E-state index is 12.0. The number of hydrogen-bond acceptors (Lipinski definition) is 5. The molecule has 1 aromatic carbocycles. The third kappa shape index (κ3) is 2.77. The molecule has 0 bridgehead atoms. The van der Waals surface area contributed by atoms with E-state index in [1.807, 2.05) is 35.7 Å². The van der Waals surface area contributed by atoms with Gasteiger partial charge in [0.05, 0.1) is 10.6 Å². The summed E-state index contributed by atoms with van der Waals surface area (Å²) in [6, 6.07) is 9.87. The van der Waals surface area contributed by atoms with Crippen molar-refractivity contribution in [2.75, 3.05) is 6.54 Å². The summed E-state index contributed by atoms with van der Waals surface area (Å²) in [7, 11) is 0. The second-order valence-electron chi connectivity index (χ2n) is 4.37. The molecular formula is C15H12N2O2S2. The lowest BCUT2D eigenvalue weighted by Gasteiger charge is -2.06. The monoisotopic (exact) mass is 316 g/mol. The molecule has 0 aliphatic carbocycles. The number of hydrogen-bond donors (Lipinski definition) is 0. The van der Waals surface area contributed by atoms with E-state index in [4.69, 9.17) is 0 Å². The van der Waals surface area contributed by atoms with E-state index in [2.05, 4.69) is 4.98 Å². The fourth-order valence-corrected chi connectivity index (χ4v) is 3.64. The number of thioether (sulfide) groups is 1. The zero-order chi connectivity index (χ0) is 14.8. The number of carbonyl (C=O) groups is 2. The summed E-state index contributed by atoms with van der Waals surface area (Å²) >= 11 is 2.49. The van der Waals surface area contributed by atoms with Gasteiger partial charge in [-0.25, -0.2) is 4.98 Å². The molecule has 0 atom stereocenters. The zero-order valence-electron chi connectivity index (χ0n) is 11.3. The largest absolute Gasteiger partial charge is 0.293 e. The van der Waals surface area contributed by atoms with Gasteiger partial charge >= 0.3 is 0 Å². The molecule has 1 aromatic heterocycles. The summed E-state index contributed by atoms with van der Waals surface area (Å²) in [6.45, 7) is 2.18. The number of likely N-dealkylation sites (N-methyl/N-ethyl adjacent to an activating group) is 1. The van der Waals surface area contributed by atoms with Crippen LogP contribution in [0.25, 0.3) is 16.6 Å². The summed E-state index contributed by atoms with van der Waals surface area (Å²) < 4.78 is 0. The molecule has 1 fully saturated rings. The molecule has 0 unspecified atom stereocenters. The zero-order valence-corrected chi connectivity index (χ0v) is 12.9. The second kappa shape index (κ2) is 5.83. The molecule has 0 N–H and O–H groups in total. The van der Waals surface area contributed by atoms with Gasteiger partial charge in [0.1, 0.15) is 5.01 Å². The van der Waals surface area contributed by atoms with Gasteiger partial charge in [-0.15, -0.1) is 11.3 Å². The summed E-state index contributed by atoms with van der Waals surface area (Å²) in [6.07, 6.45) is 1.68. The first kappa shape index (κ1) is 14.0. The SMILES string of the molecule is CCN1C(=O)S/C(=C/c2csc(-c3ccccc3)n2)C1=O. The highest BCUT2D eigenvalue weighted by molar-refractivity contribution is 8.18. The lowest BCUT2D eigenvalue weighted by Crippen LogP contribution is -2.27. The van der Waals surface area contributed by atoms with E-state index in [0.29, 0.717) is 17.1 Å². The average Bonchev–Trinajstić information content (AvgIpc) is 3.06. The number of carbonyl (C=O) groups excluding carboxylic acids is 2. The third-order valence-electron chi connectivity index (χ3n) is 3.01. The maximum atomic E-state index is 12.0. The van der Waals surface area contributed by atoms with Crippen LogP contribution in [0, 0.1) is 0 Å². The summed E-state index contributed by atoms with van der Waals surface area (Å²) in [5.41, 5.74) is 1.75. The second-order valence-corrected chi connectivity index (χ2v) is 6.22. The van der Waals surface area contributed by atoms with Crippen molar-refractivity contribution in [1.82, 2.24) is 9.88 Å². The minimum atomic E-state index is -0.234. The summed E-state index contributed by atoms with van der Waals surface area (Å²) in [4.78, 5) is 29.8. The first-order chi connectivity index (χ1) is 10.2. The Morgan fingerprint density at radius 1 is 1.24 bits per heavy atom. The van der Waals surface area contributed by atoms with E-state index in [1.54, 1.807) is 13.0 Å². The van der Waals surface area contributed by atoms with E-state index < -0.39 is 0 Å². The number of thiazole rings is 1. The van der Waals surface area contributed by atoms with Crippen LogP contribution in [0.15, 0.2) is 40.6 Å². The highest BCUT2D eigenvalue weighted by Crippen LogP contribution is 2.32. The van der Waals surface area contributed by atoms with Gasteiger partial charge in [0.25, 0.3) is 11.1 Å². The maximum Gasteiger partial charge on any atom is 0.293 e. The Hall–Kier alpha value is -1.92. The molecule has 2 aromatic rings. The molecule has 21 heavy (non-hydrogen) atoms. The van der Waals surface area contributed by atoms with Gasteiger partial charge in [-0.1, -0.05) is 30.3 Å². The van der Waals surface area contributed by atoms with Gasteiger partial charge in [0, 0.05) is 17.5 Å². The Morgan fingerprint density at radius 2 is 2.00 bits per heavy atom. The number of rotatable bonds is 3. The van der Waals surface area contributed by atoms with E-state index in [9.17, 15) is 9.59 Å². The topological polar surface area (TPSA) is 50.3 Å². The first-order valence-corrected chi connectivity index (χ1v) is 8.15. The minimum Gasteiger partial charge on any atom is -0.269 e. The molecule has 0 spiro atoms. The Morgan fingerprint density at radius 3 is 2.67 bits per heavy atom.